The number of anilines is 1. The minimum atomic E-state index is -0.437. The lowest BCUT2D eigenvalue weighted by Crippen LogP contribution is -2.49. The molecule has 1 atom stereocenters. The highest BCUT2D eigenvalue weighted by Crippen LogP contribution is 2.44. The van der Waals surface area contributed by atoms with Crippen LogP contribution in [0, 0.1) is 5.82 Å². The van der Waals surface area contributed by atoms with Crippen molar-refractivity contribution in [2.45, 2.75) is 18.9 Å². The van der Waals surface area contributed by atoms with Gasteiger partial charge in [0, 0.05) is 12.2 Å². The maximum atomic E-state index is 13.7. The summed E-state index contributed by atoms with van der Waals surface area (Å²) >= 11 is 0. The van der Waals surface area contributed by atoms with E-state index in [4.69, 9.17) is 4.74 Å². The maximum absolute atomic E-state index is 13.7. The van der Waals surface area contributed by atoms with Gasteiger partial charge in [-0.1, -0.05) is 36.4 Å². The van der Waals surface area contributed by atoms with Crippen LogP contribution >= 0.6 is 0 Å². The molecule has 0 radical (unpaired) electrons. The lowest BCUT2D eigenvalue weighted by molar-refractivity contribution is 0.411. The Hall–Kier alpha value is -4.00. The summed E-state index contributed by atoms with van der Waals surface area (Å²) in [5.74, 6) is 1.15. The topological polar surface area (TPSA) is 66.9 Å². The Morgan fingerprint density at radius 3 is 2.52 bits per heavy atom. The fraction of sp³-hybridized carbons (Fsp3) is 0.192. The largest absolute Gasteiger partial charge is 0.497 e. The molecule has 2 heterocycles. The molecule has 4 aromatic rings. The normalized spacial score (nSPS) is 17.8. The van der Waals surface area contributed by atoms with E-state index in [2.05, 4.69) is 68.8 Å². The number of rotatable bonds is 5. The molecule has 6 nitrogen and oxygen atoms in total. The van der Waals surface area contributed by atoms with Crippen LogP contribution in [0.15, 0.2) is 66.7 Å². The fourth-order valence-electron chi connectivity index (χ4n) is 4.63. The molecular formula is C26H24FN5O. The first kappa shape index (κ1) is 20.9. The molecular weight excluding hydrogens is 417 g/mol. The summed E-state index contributed by atoms with van der Waals surface area (Å²) < 4.78 is 19.1. The van der Waals surface area contributed by atoms with Gasteiger partial charge in [-0.05, 0) is 83.3 Å². The fourth-order valence-corrected chi connectivity index (χ4v) is 4.63. The molecule has 1 N–H and O–H groups in total. The number of H-pyrrole nitrogens is 1. The van der Waals surface area contributed by atoms with Crippen molar-refractivity contribution >= 4 is 17.8 Å². The second-order valence-electron chi connectivity index (χ2n) is 8.20. The number of tetrazole rings is 1. The Balaban J connectivity index is 1.57. The van der Waals surface area contributed by atoms with Crippen LogP contribution in [0.2, 0.25) is 0 Å². The number of aromatic amines is 1. The molecule has 33 heavy (non-hydrogen) atoms. The van der Waals surface area contributed by atoms with Gasteiger partial charge < -0.3 is 9.64 Å². The number of aromatic nitrogens is 4. The van der Waals surface area contributed by atoms with Crippen LogP contribution in [0.5, 0.6) is 5.75 Å². The van der Waals surface area contributed by atoms with Crippen LogP contribution in [0.25, 0.3) is 12.2 Å². The third-order valence-corrected chi connectivity index (χ3v) is 6.38. The van der Waals surface area contributed by atoms with Crippen molar-refractivity contribution in [3.8, 4) is 5.75 Å². The van der Waals surface area contributed by atoms with E-state index in [1.807, 2.05) is 30.4 Å². The molecule has 0 saturated heterocycles. The molecule has 5 rings (SSSR count). The first-order valence-corrected chi connectivity index (χ1v) is 10.8. The quantitative estimate of drug-likeness (QED) is 0.480. The number of hydrogen-bond acceptors (Lipinski definition) is 5. The van der Waals surface area contributed by atoms with Gasteiger partial charge in [-0.15, -0.1) is 10.2 Å². The third-order valence-electron chi connectivity index (χ3n) is 6.38. The number of nitrogens with zero attached hydrogens (tertiary/aromatic N) is 4. The van der Waals surface area contributed by atoms with Gasteiger partial charge in [0.15, 0.2) is 5.82 Å². The minimum Gasteiger partial charge on any atom is -0.497 e. The van der Waals surface area contributed by atoms with Crippen LogP contribution in [0.1, 0.15) is 35.0 Å². The molecule has 166 valence electrons. The predicted octanol–water partition coefficient (Wildman–Crippen LogP) is 4.84. The lowest BCUT2D eigenvalue weighted by atomic mass is 9.76. The minimum absolute atomic E-state index is 0.236. The van der Waals surface area contributed by atoms with Gasteiger partial charge in [-0.2, -0.15) is 5.21 Å². The molecule has 0 aliphatic carbocycles. The Bertz CT molecular complexity index is 1270. The highest BCUT2D eigenvalue weighted by molar-refractivity contribution is 5.67. The Kier molecular flexibility index (Phi) is 5.38. The molecule has 1 aliphatic heterocycles. The molecule has 1 unspecified atom stereocenters. The van der Waals surface area contributed by atoms with Gasteiger partial charge in [0.2, 0.25) is 0 Å². The molecule has 1 aliphatic rings. The molecule has 0 fully saturated rings. The Morgan fingerprint density at radius 2 is 1.82 bits per heavy atom. The monoisotopic (exact) mass is 441 g/mol. The van der Waals surface area contributed by atoms with Gasteiger partial charge in [0.25, 0.3) is 0 Å². The van der Waals surface area contributed by atoms with Crippen LogP contribution in [-0.2, 0) is 12.0 Å². The average Bonchev–Trinajstić information content (AvgIpc) is 3.37. The van der Waals surface area contributed by atoms with Gasteiger partial charge >= 0.3 is 0 Å². The van der Waals surface area contributed by atoms with Crippen molar-refractivity contribution in [3.63, 3.8) is 0 Å². The molecule has 0 saturated carbocycles. The number of ether oxygens (including phenoxy) is 1. The van der Waals surface area contributed by atoms with E-state index >= 15 is 0 Å². The van der Waals surface area contributed by atoms with Gasteiger partial charge in [-0.25, -0.2) is 4.39 Å². The summed E-state index contributed by atoms with van der Waals surface area (Å²) in [6.07, 6.45) is 4.65. The number of nitrogens with one attached hydrogen (secondary N) is 1. The van der Waals surface area contributed by atoms with Crippen LogP contribution in [-0.4, -0.2) is 34.3 Å². The summed E-state index contributed by atoms with van der Waals surface area (Å²) in [7, 11) is 1.69. The molecule has 3 aromatic carbocycles. The van der Waals surface area contributed by atoms with Crippen molar-refractivity contribution in [2.75, 3.05) is 18.6 Å². The number of hydrogen-bond donors (Lipinski definition) is 1. The van der Waals surface area contributed by atoms with E-state index in [0.717, 1.165) is 35.5 Å². The van der Waals surface area contributed by atoms with E-state index in [1.54, 1.807) is 7.11 Å². The second kappa shape index (κ2) is 8.50. The van der Waals surface area contributed by atoms with Crippen LogP contribution < -0.4 is 9.64 Å². The van der Waals surface area contributed by atoms with Crippen LogP contribution in [0.4, 0.5) is 10.1 Å². The number of fused-ring (bicyclic) bond motifs is 1. The smallest absolute Gasteiger partial charge is 0.197 e. The number of methoxy groups -OCH3 is 1. The molecule has 7 heteroatoms. The zero-order valence-electron chi connectivity index (χ0n) is 18.5. The number of benzene rings is 3. The molecule has 0 bridgehead atoms. The van der Waals surface area contributed by atoms with E-state index in [-0.39, 0.29) is 5.82 Å². The van der Waals surface area contributed by atoms with Gasteiger partial charge in [0.1, 0.15) is 11.6 Å². The predicted molar refractivity (Wildman–Crippen MR) is 126 cm³/mol. The van der Waals surface area contributed by atoms with E-state index in [9.17, 15) is 4.39 Å². The van der Waals surface area contributed by atoms with E-state index in [1.165, 1.54) is 23.3 Å². The Morgan fingerprint density at radius 1 is 1.03 bits per heavy atom. The first-order chi connectivity index (χ1) is 16.1. The van der Waals surface area contributed by atoms with Crippen LogP contribution in [0.3, 0.4) is 0 Å². The van der Waals surface area contributed by atoms with E-state index in [0.29, 0.717) is 5.82 Å². The highest BCUT2D eigenvalue weighted by atomic mass is 19.1. The molecule has 0 amide bonds. The third kappa shape index (κ3) is 3.86. The van der Waals surface area contributed by atoms with Gasteiger partial charge in [-0.3, -0.25) is 0 Å². The zero-order valence-corrected chi connectivity index (χ0v) is 18.5. The summed E-state index contributed by atoms with van der Waals surface area (Å²) in [6, 6.07) is 21.5. The van der Waals surface area contributed by atoms with E-state index < -0.39 is 5.54 Å². The Labute approximate surface area is 191 Å². The average molecular weight is 442 g/mol. The lowest BCUT2D eigenvalue weighted by Gasteiger charge is -2.48. The first-order valence-electron chi connectivity index (χ1n) is 10.8. The molecule has 1 aromatic heterocycles. The summed E-state index contributed by atoms with van der Waals surface area (Å²) in [5, 5.41) is 13.9. The SMILES string of the molecule is COc1ccc2c(c1)CCN(c1ccc(F)cc1)C2(C)c1ccc(/C=C/c2nn[nH]n2)cc1. The molecule has 0 spiro atoms. The second-order valence-corrected chi connectivity index (χ2v) is 8.20. The highest BCUT2D eigenvalue weighted by Gasteiger charge is 2.40. The van der Waals surface area contributed by atoms with Crippen molar-refractivity contribution in [1.29, 1.82) is 0 Å². The van der Waals surface area contributed by atoms with Gasteiger partial charge in [0.05, 0.1) is 12.6 Å². The maximum Gasteiger partial charge on any atom is 0.197 e. The van der Waals surface area contributed by atoms with Crippen molar-refractivity contribution in [1.82, 2.24) is 20.6 Å². The van der Waals surface area contributed by atoms with Crippen molar-refractivity contribution < 1.29 is 9.13 Å². The summed E-state index contributed by atoms with van der Waals surface area (Å²) in [5.41, 5.74) is 5.21. The van der Waals surface area contributed by atoms with Crippen molar-refractivity contribution in [3.05, 3.63) is 101 Å². The summed E-state index contributed by atoms with van der Waals surface area (Å²) in [4.78, 5) is 2.35. The zero-order chi connectivity index (χ0) is 22.8. The summed E-state index contributed by atoms with van der Waals surface area (Å²) in [6.45, 7) is 3.03. The standard InChI is InChI=1S/C26H24FN5O/c1-26(20-6-3-18(4-7-20)5-14-25-28-30-31-29-25)24-13-12-23(33-2)17-19(24)15-16-32(26)22-10-8-21(27)9-11-22/h3-14,17H,15-16H2,1-2H3,(H,28,29,30,31)/b14-5+. The number of halogens is 1. The van der Waals surface area contributed by atoms with Crippen molar-refractivity contribution in [2.24, 2.45) is 0 Å².